The van der Waals surface area contributed by atoms with Gasteiger partial charge in [0, 0.05) is 0 Å². The molecule has 72 valence electrons. The molecule has 0 saturated carbocycles. The molecule has 0 saturated heterocycles. The molecule has 0 spiro atoms. The SMILES string of the molecule is COS(=O)(=O)c1ccc(F)cc1Cl. The summed E-state index contributed by atoms with van der Waals surface area (Å²) < 4.78 is 38.9. The average Bonchev–Trinajstić information content (AvgIpc) is 2.03. The fraction of sp³-hybridized carbons (Fsp3) is 0.143. The average molecular weight is 225 g/mol. The van der Waals surface area contributed by atoms with E-state index in [-0.39, 0.29) is 9.92 Å². The Morgan fingerprint density at radius 3 is 2.54 bits per heavy atom. The number of rotatable bonds is 2. The van der Waals surface area contributed by atoms with Crippen LogP contribution in [0.25, 0.3) is 0 Å². The molecular weight excluding hydrogens is 219 g/mol. The van der Waals surface area contributed by atoms with E-state index in [0.29, 0.717) is 0 Å². The fourth-order valence-electron chi connectivity index (χ4n) is 0.768. The molecule has 13 heavy (non-hydrogen) atoms. The summed E-state index contributed by atoms with van der Waals surface area (Å²) in [5.74, 6) is -0.597. The highest BCUT2D eigenvalue weighted by molar-refractivity contribution is 7.86. The first-order valence-corrected chi connectivity index (χ1v) is 5.01. The van der Waals surface area contributed by atoms with Crippen molar-refractivity contribution >= 4 is 21.7 Å². The van der Waals surface area contributed by atoms with Crippen LogP contribution in [0.15, 0.2) is 23.1 Å². The van der Waals surface area contributed by atoms with Gasteiger partial charge in [-0.15, -0.1) is 0 Å². The highest BCUT2D eigenvalue weighted by Crippen LogP contribution is 2.23. The summed E-state index contributed by atoms with van der Waals surface area (Å²) in [6.45, 7) is 0. The van der Waals surface area contributed by atoms with Gasteiger partial charge in [-0.3, -0.25) is 4.18 Å². The molecule has 0 N–H and O–H groups in total. The molecule has 6 heteroatoms. The second kappa shape index (κ2) is 3.61. The molecule has 1 rings (SSSR count). The zero-order valence-corrected chi connectivity index (χ0v) is 8.19. The van der Waals surface area contributed by atoms with Gasteiger partial charge in [0.25, 0.3) is 10.1 Å². The third-order valence-electron chi connectivity index (χ3n) is 1.38. The van der Waals surface area contributed by atoms with E-state index < -0.39 is 15.9 Å². The van der Waals surface area contributed by atoms with Crippen LogP contribution in [0.3, 0.4) is 0 Å². The first-order chi connectivity index (χ1) is 5.97. The first kappa shape index (κ1) is 10.4. The minimum absolute atomic E-state index is 0.193. The van der Waals surface area contributed by atoms with E-state index in [9.17, 15) is 12.8 Å². The lowest BCUT2D eigenvalue weighted by Gasteiger charge is -2.02. The monoisotopic (exact) mass is 224 g/mol. The largest absolute Gasteiger partial charge is 0.298 e. The van der Waals surface area contributed by atoms with Crippen molar-refractivity contribution in [3.63, 3.8) is 0 Å². The molecule has 0 aliphatic rings. The molecule has 1 aromatic rings. The van der Waals surface area contributed by atoms with Gasteiger partial charge in [-0.2, -0.15) is 8.42 Å². The number of hydrogen-bond donors (Lipinski definition) is 0. The van der Waals surface area contributed by atoms with Crippen molar-refractivity contribution in [1.29, 1.82) is 0 Å². The maximum Gasteiger partial charge on any atom is 0.298 e. The van der Waals surface area contributed by atoms with Crippen molar-refractivity contribution < 1.29 is 17.0 Å². The van der Waals surface area contributed by atoms with Gasteiger partial charge in [-0.1, -0.05) is 11.6 Å². The minimum Gasteiger partial charge on any atom is -0.270 e. The van der Waals surface area contributed by atoms with Crippen LogP contribution in [0.4, 0.5) is 4.39 Å². The summed E-state index contributed by atoms with van der Waals surface area (Å²) in [5, 5.41) is -0.193. The third-order valence-corrected chi connectivity index (χ3v) is 3.14. The first-order valence-electron chi connectivity index (χ1n) is 3.23. The Hall–Kier alpha value is -0.650. The van der Waals surface area contributed by atoms with Crippen LogP contribution in [-0.4, -0.2) is 15.5 Å². The number of benzene rings is 1. The van der Waals surface area contributed by atoms with Gasteiger partial charge < -0.3 is 0 Å². The zero-order chi connectivity index (χ0) is 10.1. The third kappa shape index (κ3) is 2.18. The standard InChI is InChI=1S/C7H6ClFO3S/c1-12-13(10,11)7-3-2-5(9)4-6(7)8/h2-4H,1H3. The van der Waals surface area contributed by atoms with Crippen LogP contribution in [0.5, 0.6) is 0 Å². The molecule has 0 unspecified atom stereocenters. The van der Waals surface area contributed by atoms with E-state index in [1.807, 2.05) is 0 Å². The molecule has 0 heterocycles. The molecule has 1 aromatic carbocycles. The Labute approximate surface area is 80.2 Å². The minimum atomic E-state index is -3.84. The maximum atomic E-state index is 12.5. The van der Waals surface area contributed by atoms with Gasteiger partial charge in [0.1, 0.15) is 10.7 Å². The summed E-state index contributed by atoms with van der Waals surface area (Å²) in [6.07, 6.45) is 0. The normalized spacial score (nSPS) is 11.6. The molecular formula is C7H6ClFO3S. The van der Waals surface area contributed by atoms with Gasteiger partial charge in [0.15, 0.2) is 0 Å². The highest BCUT2D eigenvalue weighted by atomic mass is 35.5. The Morgan fingerprint density at radius 2 is 2.08 bits per heavy atom. The Bertz CT molecular complexity index is 416. The van der Waals surface area contributed by atoms with Crippen molar-refractivity contribution in [2.75, 3.05) is 7.11 Å². The van der Waals surface area contributed by atoms with Gasteiger partial charge in [-0.25, -0.2) is 4.39 Å². The van der Waals surface area contributed by atoms with Crippen molar-refractivity contribution in [2.24, 2.45) is 0 Å². The second-order valence-electron chi connectivity index (χ2n) is 2.20. The van der Waals surface area contributed by atoms with Gasteiger partial charge >= 0.3 is 0 Å². The van der Waals surface area contributed by atoms with Crippen LogP contribution in [0.2, 0.25) is 5.02 Å². The number of halogens is 2. The van der Waals surface area contributed by atoms with Crippen molar-refractivity contribution in [1.82, 2.24) is 0 Å². The summed E-state index contributed by atoms with van der Waals surface area (Å²) in [7, 11) is -2.84. The molecule has 0 radical (unpaired) electrons. The fourth-order valence-corrected chi connectivity index (χ4v) is 1.93. The summed E-state index contributed by atoms with van der Waals surface area (Å²) >= 11 is 5.49. The van der Waals surface area contributed by atoms with Gasteiger partial charge in [0.2, 0.25) is 0 Å². The summed E-state index contributed by atoms with van der Waals surface area (Å²) in [4.78, 5) is -0.238. The number of hydrogen-bond acceptors (Lipinski definition) is 3. The van der Waals surface area contributed by atoms with E-state index in [1.54, 1.807) is 0 Å². The maximum absolute atomic E-state index is 12.5. The molecule has 3 nitrogen and oxygen atoms in total. The van der Waals surface area contributed by atoms with Crippen LogP contribution in [0.1, 0.15) is 0 Å². The van der Waals surface area contributed by atoms with E-state index in [4.69, 9.17) is 11.6 Å². The predicted molar refractivity (Wildman–Crippen MR) is 45.6 cm³/mol. The van der Waals surface area contributed by atoms with Gasteiger partial charge in [-0.05, 0) is 18.2 Å². The molecule has 0 atom stereocenters. The van der Waals surface area contributed by atoms with Crippen LogP contribution < -0.4 is 0 Å². The lowest BCUT2D eigenvalue weighted by Crippen LogP contribution is -2.03. The summed E-state index contributed by atoms with van der Waals surface area (Å²) in [6, 6.07) is 2.96. The lowest BCUT2D eigenvalue weighted by molar-refractivity contribution is 0.397. The molecule has 0 fully saturated rings. The van der Waals surface area contributed by atoms with Crippen LogP contribution >= 0.6 is 11.6 Å². The molecule has 0 amide bonds. The second-order valence-corrected chi connectivity index (χ2v) is 4.28. The van der Waals surface area contributed by atoms with Crippen molar-refractivity contribution in [2.45, 2.75) is 4.90 Å². The highest BCUT2D eigenvalue weighted by Gasteiger charge is 2.17. The van der Waals surface area contributed by atoms with Crippen molar-refractivity contribution in [3.8, 4) is 0 Å². The van der Waals surface area contributed by atoms with E-state index >= 15 is 0 Å². The quantitative estimate of drug-likeness (QED) is 0.720. The Balaban J connectivity index is 3.33. The Kier molecular flexibility index (Phi) is 2.90. The van der Waals surface area contributed by atoms with Crippen LogP contribution in [0, 0.1) is 5.82 Å². The van der Waals surface area contributed by atoms with Crippen molar-refractivity contribution in [3.05, 3.63) is 29.0 Å². The smallest absolute Gasteiger partial charge is 0.270 e. The van der Waals surface area contributed by atoms with E-state index in [2.05, 4.69) is 4.18 Å². The predicted octanol–water partition coefficient (Wildman–Crippen LogP) is 1.81. The summed E-state index contributed by atoms with van der Waals surface area (Å²) in [5.41, 5.74) is 0. The lowest BCUT2D eigenvalue weighted by atomic mass is 10.3. The molecule has 0 aliphatic heterocycles. The zero-order valence-electron chi connectivity index (χ0n) is 6.62. The molecule has 0 aromatic heterocycles. The van der Waals surface area contributed by atoms with Gasteiger partial charge in [0.05, 0.1) is 12.1 Å². The molecule has 0 bridgehead atoms. The topological polar surface area (TPSA) is 43.4 Å². The van der Waals surface area contributed by atoms with Crippen LogP contribution in [-0.2, 0) is 14.3 Å². The van der Waals surface area contributed by atoms with E-state index in [0.717, 1.165) is 25.3 Å². The Morgan fingerprint density at radius 1 is 1.46 bits per heavy atom. The molecule has 0 aliphatic carbocycles. The van der Waals surface area contributed by atoms with E-state index in [1.165, 1.54) is 0 Å².